The molecule has 0 aliphatic carbocycles. The number of benzene rings is 1. The standard InChI is InChI=1S/C10H13BrO2/c1-7(12)2-3-8-6-9(11)4-5-10(8)13/h4-7,12-13H,2-3H2,1H3/t7-/m1/s1. The number of hydrogen-bond donors (Lipinski definition) is 2. The molecule has 72 valence electrons. The van der Waals surface area contributed by atoms with Gasteiger partial charge >= 0.3 is 0 Å². The van der Waals surface area contributed by atoms with E-state index in [4.69, 9.17) is 5.11 Å². The molecular weight excluding hydrogens is 232 g/mol. The van der Waals surface area contributed by atoms with Crippen LogP contribution in [0.3, 0.4) is 0 Å². The van der Waals surface area contributed by atoms with Gasteiger partial charge in [0.25, 0.3) is 0 Å². The highest BCUT2D eigenvalue weighted by Gasteiger charge is 2.03. The van der Waals surface area contributed by atoms with Crippen LogP contribution in [0.25, 0.3) is 0 Å². The lowest BCUT2D eigenvalue weighted by Crippen LogP contribution is -2.01. The van der Waals surface area contributed by atoms with Crippen LogP contribution in [-0.4, -0.2) is 16.3 Å². The van der Waals surface area contributed by atoms with Crippen LogP contribution in [0.4, 0.5) is 0 Å². The molecule has 0 saturated heterocycles. The molecule has 1 rings (SSSR count). The SMILES string of the molecule is C[C@@H](O)CCc1cc(Br)ccc1O. The summed E-state index contributed by atoms with van der Waals surface area (Å²) in [6, 6.07) is 5.32. The van der Waals surface area contributed by atoms with Gasteiger partial charge in [0.05, 0.1) is 6.10 Å². The van der Waals surface area contributed by atoms with Crippen molar-refractivity contribution in [2.45, 2.75) is 25.9 Å². The first kappa shape index (κ1) is 10.5. The number of phenols is 1. The minimum Gasteiger partial charge on any atom is -0.508 e. The first-order valence-corrected chi connectivity index (χ1v) is 5.04. The Morgan fingerprint density at radius 1 is 1.46 bits per heavy atom. The molecule has 0 radical (unpaired) electrons. The molecular formula is C10H13BrO2. The van der Waals surface area contributed by atoms with Crippen molar-refractivity contribution in [3.8, 4) is 5.75 Å². The van der Waals surface area contributed by atoms with E-state index in [2.05, 4.69) is 15.9 Å². The fraction of sp³-hybridized carbons (Fsp3) is 0.400. The van der Waals surface area contributed by atoms with Crippen molar-refractivity contribution in [1.29, 1.82) is 0 Å². The van der Waals surface area contributed by atoms with E-state index >= 15 is 0 Å². The Balaban J connectivity index is 2.70. The summed E-state index contributed by atoms with van der Waals surface area (Å²) in [6.07, 6.45) is 1.05. The van der Waals surface area contributed by atoms with Gasteiger partial charge in [0.1, 0.15) is 5.75 Å². The average molecular weight is 245 g/mol. The van der Waals surface area contributed by atoms with E-state index in [9.17, 15) is 5.11 Å². The zero-order chi connectivity index (χ0) is 9.84. The van der Waals surface area contributed by atoms with Gasteiger partial charge in [0, 0.05) is 4.47 Å². The number of phenolic OH excluding ortho intramolecular Hbond substituents is 1. The van der Waals surface area contributed by atoms with Gasteiger partial charge in [-0.1, -0.05) is 15.9 Å². The summed E-state index contributed by atoms with van der Waals surface area (Å²) in [5, 5.41) is 18.5. The molecule has 0 aliphatic rings. The van der Waals surface area contributed by atoms with Crippen LogP contribution in [0, 0.1) is 0 Å². The van der Waals surface area contributed by atoms with Crippen LogP contribution in [0.1, 0.15) is 18.9 Å². The van der Waals surface area contributed by atoms with Gasteiger partial charge in [-0.05, 0) is 43.5 Å². The molecule has 13 heavy (non-hydrogen) atoms. The Hall–Kier alpha value is -0.540. The molecule has 0 unspecified atom stereocenters. The van der Waals surface area contributed by atoms with Crippen molar-refractivity contribution in [1.82, 2.24) is 0 Å². The average Bonchev–Trinajstić information content (AvgIpc) is 2.06. The number of aromatic hydroxyl groups is 1. The maximum absolute atomic E-state index is 9.45. The van der Waals surface area contributed by atoms with Crippen LogP contribution in [0.2, 0.25) is 0 Å². The van der Waals surface area contributed by atoms with E-state index in [0.29, 0.717) is 18.6 Å². The Labute approximate surface area is 86.3 Å². The zero-order valence-electron chi connectivity index (χ0n) is 7.50. The molecule has 2 nitrogen and oxygen atoms in total. The number of aryl methyl sites for hydroxylation is 1. The first-order valence-electron chi connectivity index (χ1n) is 4.25. The van der Waals surface area contributed by atoms with E-state index in [1.54, 1.807) is 19.1 Å². The van der Waals surface area contributed by atoms with E-state index < -0.39 is 0 Å². The molecule has 2 N–H and O–H groups in total. The van der Waals surface area contributed by atoms with Crippen molar-refractivity contribution in [2.24, 2.45) is 0 Å². The van der Waals surface area contributed by atoms with E-state index in [1.807, 2.05) is 6.07 Å². The second kappa shape index (κ2) is 4.63. The molecule has 0 heterocycles. The number of rotatable bonds is 3. The van der Waals surface area contributed by atoms with Gasteiger partial charge in [-0.2, -0.15) is 0 Å². The predicted molar refractivity (Wildman–Crippen MR) is 55.8 cm³/mol. The molecule has 0 saturated carbocycles. The van der Waals surface area contributed by atoms with Gasteiger partial charge in [-0.25, -0.2) is 0 Å². The minimum absolute atomic E-state index is 0.295. The normalized spacial score (nSPS) is 12.8. The summed E-state index contributed by atoms with van der Waals surface area (Å²) in [7, 11) is 0. The highest BCUT2D eigenvalue weighted by Crippen LogP contribution is 2.23. The molecule has 3 heteroatoms. The summed E-state index contributed by atoms with van der Waals surface area (Å²) in [6.45, 7) is 1.75. The topological polar surface area (TPSA) is 40.5 Å². The molecule has 0 fully saturated rings. The molecule has 1 aromatic rings. The van der Waals surface area contributed by atoms with E-state index in [1.165, 1.54) is 0 Å². The second-order valence-electron chi connectivity index (χ2n) is 3.16. The van der Waals surface area contributed by atoms with Crippen LogP contribution in [-0.2, 0) is 6.42 Å². The predicted octanol–water partition coefficient (Wildman–Crippen LogP) is 2.47. The summed E-state index contributed by atoms with van der Waals surface area (Å²) < 4.78 is 0.950. The summed E-state index contributed by atoms with van der Waals surface area (Å²) in [5.41, 5.74) is 0.871. The van der Waals surface area contributed by atoms with E-state index in [-0.39, 0.29) is 6.10 Å². The first-order chi connectivity index (χ1) is 6.09. The lowest BCUT2D eigenvalue weighted by Gasteiger charge is -2.06. The molecule has 1 atom stereocenters. The van der Waals surface area contributed by atoms with Gasteiger partial charge in [-0.3, -0.25) is 0 Å². The third-order valence-electron chi connectivity index (χ3n) is 1.87. The Morgan fingerprint density at radius 3 is 2.77 bits per heavy atom. The number of hydrogen-bond acceptors (Lipinski definition) is 2. The van der Waals surface area contributed by atoms with Gasteiger partial charge in [0.15, 0.2) is 0 Å². The summed E-state index contributed by atoms with van der Waals surface area (Å²) in [4.78, 5) is 0. The Kier molecular flexibility index (Phi) is 3.75. The molecule has 0 amide bonds. The second-order valence-corrected chi connectivity index (χ2v) is 4.08. The molecule has 0 aliphatic heterocycles. The van der Waals surface area contributed by atoms with Crippen LogP contribution in [0.5, 0.6) is 5.75 Å². The third kappa shape index (κ3) is 3.36. The Bertz CT molecular complexity index is 284. The number of aliphatic hydroxyl groups excluding tert-OH is 1. The van der Waals surface area contributed by atoms with Crippen molar-refractivity contribution in [3.05, 3.63) is 28.2 Å². The van der Waals surface area contributed by atoms with Crippen molar-refractivity contribution < 1.29 is 10.2 Å². The highest BCUT2D eigenvalue weighted by atomic mass is 79.9. The minimum atomic E-state index is -0.321. The van der Waals surface area contributed by atoms with Gasteiger partial charge in [0.2, 0.25) is 0 Å². The summed E-state index contributed by atoms with van der Waals surface area (Å²) >= 11 is 3.33. The monoisotopic (exact) mass is 244 g/mol. The largest absolute Gasteiger partial charge is 0.508 e. The maximum Gasteiger partial charge on any atom is 0.118 e. The molecule has 0 bridgehead atoms. The van der Waals surface area contributed by atoms with Crippen molar-refractivity contribution >= 4 is 15.9 Å². The lowest BCUT2D eigenvalue weighted by molar-refractivity contribution is 0.184. The smallest absolute Gasteiger partial charge is 0.118 e. The zero-order valence-corrected chi connectivity index (χ0v) is 9.08. The maximum atomic E-state index is 9.45. The van der Waals surface area contributed by atoms with Gasteiger partial charge in [-0.15, -0.1) is 0 Å². The van der Waals surface area contributed by atoms with Crippen LogP contribution in [0.15, 0.2) is 22.7 Å². The summed E-state index contributed by atoms with van der Waals surface area (Å²) in [5.74, 6) is 0.295. The van der Waals surface area contributed by atoms with Crippen LogP contribution < -0.4 is 0 Å². The number of halogens is 1. The van der Waals surface area contributed by atoms with Crippen molar-refractivity contribution in [2.75, 3.05) is 0 Å². The number of aliphatic hydroxyl groups is 1. The highest BCUT2D eigenvalue weighted by molar-refractivity contribution is 9.10. The molecule has 0 spiro atoms. The van der Waals surface area contributed by atoms with E-state index in [0.717, 1.165) is 10.0 Å². The van der Waals surface area contributed by atoms with Crippen molar-refractivity contribution in [3.63, 3.8) is 0 Å². The molecule has 0 aromatic heterocycles. The Morgan fingerprint density at radius 2 is 2.15 bits per heavy atom. The van der Waals surface area contributed by atoms with Gasteiger partial charge < -0.3 is 10.2 Å². The van der Waals surface area contributed by atoms with Crippen LogP contribution >= 0.6 is 15.9 Å². The quantitative estimate of drug-likeness (QED) is 0.858. The fourth-order valence-corrected chi connectivity index (χ4v) is 1.53. The lowest BCUT2D eigenvalue weighted by atomic mass is 10.1. The third-order valence-corrected chi connectivity index (χ3v) is 2.37. The molecule has 1 aromatic carbocycles. The fourth-order valence-electron chi connectivity index (χ4n) is 1.12.